The minimum absolute atomic E-state index is 0.253. The van der Waals surface area contributed by atoms with E-state index in [9.17, 15) is 4.79 Å². The van der Waals surface area contributed by atoms with Crippen LogP contribution in [-0.2, 0) is 0 Å². The molecule has 0 heterocycles. The highest BCUT2D eigenvalue weighted by molar-refractivity contribution is 9.10. The highest BCUT2D eigenvalue weighted by Crippen LogP contribution is 2.15. The monoisotopic (exact) mass is 268 g/mol. The normalized spacial score (nSPS) is 12.5. The molecule has 2 heteroatoms. The molecule has 0 aliphatic carbocycles. The topological polar surface area (TPSA) is 17.1 Å². The van der Waals surface area contributed by atoms with Gasteiger partial charge >= 0.3 is 0 Å². The number of halogens is 1. The summed E-state index contributed by atoms with van der Waals surface area (Å²) in [6.07, 6.45) is 2.80. The Kier molecular flexibility index (Phi) is 5.03. The maximum absolute atomic E-state index is 11.8. The maximum Gasteiger partial charge on any atom is 0.162 e. The van der Waals surface area contributed by atoms with E-state index in [0.717, 1.165) is 22.9 Å². The molecule has 0 aromatic heterocycles. The van der Waals surface area contributed by atoms with E-state index in [-0.39, 0.29) is 5.78 Å². The van der Waals surface area contributed by atoms with Crippen LogP contribution in [0.5, 0.6) is 0 Å². The molecule has 0 N–H and O–H groups in total. The van der Waals surface area contributed by atoms with Crippen LogP contribution in [0.1, 0.15) is 43.5 Å². The fraction of sp³-hybridized carbons (Fsp3) is 0.462. The molecule has 0 radical (unpaired) electrons. The first-order valence-corrected chi connectivity index (χ1v) is 6.21. The molecule has 1 rings (SSSR count). The summed E-state index contributed by atoms with van der Waals surface area (Å²) >= 11 is 3.36. The summed E-state index contributed by atoms with van der Waals surface area (Å²) in [6.45, 7) is 4.35. The lowest BCUT2D eigenvalue weighted by atomic mass is 9.98. The highest BCUT2D eigenvalue weighted by Gasteiger charge is 2.07. The minimum Gasteiger partial charge on any atom is -0.294 e. The molecule has 1 aromatic carbocycles. The lowest BCUT2D eigenvalue weighted by Gasteiger charge is -2.07. The fourth-order valence-corrected chi connectivity index (χ4v) is 1.63. The van der Waals surface area contributed by atoms with Crippen LogP contribution in [0.15, 0.2) is 28.7 Å². The smallest absolute Gasteiger partial charge is 0.162 e. The standard InChI is InChI=1S/C13H17BrO/c1-3-10(2)4-9-13(15)11-5-7-12(14)8-6-11/h5-8,10H,3-4,9H2,1-2H3/t10-/m0/s1. The van der Waals surface area contributed by atoms with E-state index < -0.39 is 0 Å². The Labute approximate surface area is 100 Å². The zero-order valence-electron chi connectivity index (χ0n) is 9.29. The summed E-state index contributed by atoms with van der Waals surface area (Å²) in [4.78, 5) is 11.8. The molecule has 0 amide bonds. The number of hydrogen-bond donors (Lipinski definition) is 0. The van der Waals surface area contributed by atoms with Gasteiger partial charge in [-0.05, 0) is 24.5 Å². The van der Waals surface area contributed by atoms with Crippen molar-refractivity contribution in [2.24, 2.45) is 5.92 Å². The molecule has 1 nitrogen and oxygen atoms in total. The number of carbonyl (C=O) groups is 1. The summed E-state index contributed by atoms with van der Waals surface area (Å²) < 4.78 is 1.01. The molecule has 15 heavy (non-hydrogen) atoms. The van der Waals surface area contributed by atoms with Crippen molar-refractivity contribution in [3.63, 3.8) is 0 Å². The van der Waals surface area contributed by atoms with Gasteiger partial charge in [0.05, 0.1) is 0 Å². The van der Waals surface area contributed by atoms with E-state index in [0.29, 0.717) is 12.3 Å². The van der Waals surface area contributed by atoms with Crippen LogP contribution in [0.25, 0.3) is 0 Å². The van der Waals surface area contributed by atoms with Crippen LogP contribution in [0.4, 0.5) is 0 Å². The third-order valence-electron chi connectivity index (χ3n) is 2.73. The van der Waals surface area contributed by atoms with Gasteiger partial charge in [-0.25, -0.2) is 0 Å². The Hall–Kier alpha value is -0.630. The SMILES string of the molecule is CC[C@H](C)CCC(=O)c1ccc(Br)cc1. The van der Waals surface area contributed by atoms with Crippen LogP contribution in [0.3, 0.4) is 0 Å². The molecular formula is C13H17BrO. The van der Waals surface area contributed by atoms with Crippen molar-refractivity contribution in [1.29, 1.82) is 0 Å². The van der Waals surface area contributed by atoms with Gasteiger partial charge in [-0.2, -0.15) is 0 Å². The summed E-state index contributed by atoms with van der Waals surface area (Å²) in [5.74, 6) is 0.896. The summed E-state index contributed by atoms with van der Waals surface area (Å²) in [5, 5.41) is 0. The first kappa shape index (κ1) is 12.4. The molecular weight excluding hydrogens is 252 g/mol. The van der Waals surface area contributed by atoms with Gasteiger partial charge in [-0.3, -0.25) is 4.79 Å². The first-order chi connectivity index (χ1) is 7.13. The van der Waals surface area contributed by atoms with Gasteiger partial charge in [0.2, 0.25) is 0 Å². The zero-order chi connectivity index (χ0) is 11.3. The predicted molar refractivity (Wildman–Crippen MR) is 67.2 cm³/mol. The van der Waals surface area contributed by atoms with Gasteiger partial charge in [0.1, 0.15) is 0 Å². The highest BCUT2D eigenvalue weighted by atomic mass is 79.9. The van der Waals surface area contributed by atoms with Crippen molar-refractivity contribution in [3.05, 3.63) is 34.3 Å². The van der Waals surface area contributed by atoms with Crippen molar-refractivity contribution < 1.29 is 4.79 Å². The van der Waals surface area contributed by atoms with Gasteiger partial charge in [-0.1, -0.05) is 48.3 Å². The molecule has 0 saturated carbocycles. The zero-order valence-corrected chi connectivity index (χ0v) is 10.9. The minimum atomic E-state index is 0.253. The molecule has 0 bridgehead atoms. The van der Waals surface area contributed by atoms with Crippen LogP contribution >= 0.6 is 15.9 Å². The summed E-state index contributed by atoms with van der Waals surface area (Å²) in [7, 11) is 0. The second-order valence-corrected chi connectivity index (χ2v) is 4.90. The third-order valence-corrected chi connectivity index (χ3v) is 3.26. The predicted octanol–water partition coefficient (Wildman–Crippen LogP) is 4.46. The van der Waals surface area contributed by atoms with Crippen LogP contribution < -0.4 is 0 Å². The summed E-state index contributed by atoms with van der Waals surface area (Å²) in [6, 6.07) is 7.58. The second-order valence-electron chi connectivity index (χ2n) is 3.98. The Balaban J connectivity index is 2.50. The molecule has 0 aliphatic heterocycles. The van der Waals surface area contributed by atoms with E-state index >= 15 is 0 Å². The molecule has 0 spiro atoms. The molecule has 0 unspecified atom stereocenters. The third kappa shape index (κ3) is 4.17. The number of benzene rings is 1. The van der Waals surface area contributed by atoms with Crippen molar-refractivity contribution in [3.8, 4) is 0 Å². The average Bonchev–Trinajstić information content (AvgIpc) is 2.26. The Morgan fingerprint density at radius 2 is 1.93 bits per heavy atom. The molecule has 1 aromatic rings. The summed E-state index contributed by atoms with van der Waals surface area (Å²) in [5.41, 5.74) is 0.821. The molecule has 1 atom stereocenters. The van der Waals surface area contributed by atoms with Gasteiger partial charge in [0, 0.05) is 16.5 Å². The second kappa shape index (κ2) is 6.06. The molecule has 0 fully saturated rings. The Morgan fingerprint density at radius 3 is 2.47 bits per heavy atom. The number of carbonyl (C=O) groups excluding carboxylic acids is 1. The van der Waals surface area contributed by atoms with E-state index in [1.807, 2.05) is 24.3 Å². The van der Waals surface area contributed by atoms with Gasteiger partial charge in [-0.15, -0.1) is 0 Å². The van der Waals surface area contributed by atoms with Crippen molar-refractivity contribution in [2.45, 2.75) is 33.1 Å². The molecule has 82 valence electrons. The van der Waals surface area contributed by atoms with Gasteiger partial charge < -0.3 is 0 Å². The number of hydrogen-bond acceptors (Lipinski definition) is 1. The van der Waals surface area contributed by atoms with E-state index in [1.54, 1.807) is 0 Å². The van der Waals surface area contributed by atoms with Crippen molar-refractivity contribution in [1.82, 2.24) is 0 Å². The van der Waals surface area contributed by atoms with E-state index in [1.165, 1.54) is 0 Å². The quantitative estimate of drug-likeness (QED) is 0.721. The average molecular weight is 269 g/mol. The number of Topliss-reactive ketones (excluding diaryl/α,β-unsaturated/α-hetero) is 1. The largest absolute Gasteiger partial charge is 0.294 e. The van der Waals surface area contributed by atoms with Crippen LogP contribution in [-0.4, -0.2) is 5.78 Å². The van der Waals surface area contributed by atoms with Crippen molar-refractivity contribution in [2.75, 3.05) is 0 Å². The lowest BCUT2D eigenvalue weighted by molar-refractivity contribution is 0.0974. The fourth-order valence-electron chi connectivity index (χ4n) is 1.36. The first-order valence-electron chi connectivity index (χ1n) is 5.42. The Bertz CT molecular complexity index is 316. The Morgan fingerprint density at radius 1 is 1.33 bits per heavy atom. The van der Waals surface area contributed by atoms with Gasteiger partial charge in [0.15, 0.2) is 5.78 Å². The van der Waals surface area contributed by atoms with Crippen molar-refractivity contribution >= 4 is 21.7 Å². The van der Waals surface area contributed by atoms with Crippen LogP contribution in [0, 0.1) is 5.92 Å². The van der Waals surface area contributed by atoms with Gasteiger partial charge in [0.25, 0.3) is 0 Å². The number of rotatable bonds is 5. The maximum atomic E-state index is 11.8. The molecule has 0 saturated heterocycles. The van der Waals surface area contributed by atoms with E-state index in [4.69, 9.17) is 0 Å². The van der Waals surface area contributed by atoms with E-state index in [2.05, 4.69) is 29.8 Å². The molecule has 0 aliphatic rings. The van der Waals surface area contributed by atoms with Crippen LogP contribution in [0.2, 0.25) is 0 Å². The number of ketones is 1. The lowest BCUT2D eigenvalue weighted by Crippen LogP contribution is -2.02.